The Kier molecular flexibility index (Phi) is 4.11. The number of para-hydroxylation sites is 1. The molecule has 4 nitrogen and oxygen atoms in total. The van der Waals surface area contributed by atoms with Gasteiger partial charge in [-0.25, -0.2) is 0 Å². The zero-order chi connectivity index (χ0) is 20.2. The molecule has 1 saturated carbocycles. The summed E-state index contributed by atoms with van der Waals surface area (Å²) in [5.41, 5.74) is 4.64. The summed E-state index contributed by atoms with van der Waals surface area (Å²) in [5.74, 6) is 1.45. The Hall–Kier alpha value is -2.59. The van der Waals surface area contributed by atoms with E-state index in [9.17, 15) is 4.79 Å². The van der Waals surface area contributed by atoms with E-state index < -0.39 is 0 Å². The van der Waals surface area contributed by atoms with E-state index in [4.69, 9.17) is 4.74 Å². The normalized spacial score (nSPS) is 25.9. The molecule has 1 aromatic heterocycles. The molecular formula is C25H28N2O2. The Bertz CT molecular complexity index is 1080. The monoisotopic (exact) mass is 388 g/mol. The molecule has 0 bridgehead atoms. The largest absolute Gasteiger partial charge is 0.497 e. The van der Waals surface area contributed by atoms with Crippen molar-refractivity contribution in [1.82, 2.24) is 10.3 Å². The molecule has 0 amide bonds. The average molecular weight is 389 g/mol. The third-order valence-electron chi connectivity index (χ3n) is 6.69. The Balaban J connectivity index is 1.69. The summed E-state index contributed by atoms with van der Waals surface area (Å²) in [4.78, 5) is 16.4. The maximum Gasteiger partial charge on any atom is 0.135 e. The number of methoxy groups -OCH3 is 1. The molecule has 0 unspecified atom stereocenters. The highest BCUT2D eigenvalue weighted by Gasteiger charge is 2.49. The van der Waals surface area contributed by atoms with Crippen molar-refractivity contribution < 1.29 is 9.53 Å². The number of rotatable bonds is 2. The fraction of sp³-hybridized carbons (Fsp3) is 0.400. The van der Waals surface area contributed by atoms with E-state index >= 15 is 0 Å². The molecular weight excluding hydrogens is 360 g/mol. The Morgan fingerprint density at radius 2 is 1.79 bits per heavy atom. The molecule has 1 spiro atoms. The summed E-state index contributed by atoms with van der Waals surface area (Å²) in [6, 6.07) is 16.9. The molecule has 3 aromatic rings. The van der Waals surface area contributed by atoms with Gasteiger partial charge in [-0.1, -0.05) is 44.2 Å². The van der Waals surface area contributed by atoms with Crippen molar-refractivity contribution in [3.8, 4) is 5.75 Å². The first-order valence-corrected chi connectivity index (χ1v) is 10.4. The number of aromatic nitrogens is 1. The van der Waals surface area contributed by atoms with Gasteiger partial charge in [0.05, 0.1) is 12.6 Å². The summed E-state index contributed by atoms with van der Waals surface area (Å²) in [6.07, 6.45) is 2.18. The second-order valence-corrected chi connectivity index (χ2v) is 9.48. The number of hydrogen-bond acceptors (Lipinski definition) is 3. The molecule has 1 fully saturated rings. The number of Topliss-reactive ketones (excluding diaryl/α,β-unsaturated/α-hetero) is 1. The Labute approximate surface area is 171 Å². The molecule has 2 aromatic carbocycles. The molecule has 150 valence electrons. The highest BCUT2D eigenvalue weighted by molar-refractivity contribution is 5.88. The summed E-state index contributed by atoms with van der Waals surface area (Å²) < 4.78 is 5.35. The lowest BCUT2D eigenvalue weighted by atomic mass is 9.63. The third kappa shape index (κ3) is 2.98. The lowest BCUT2D eigenvalue weighted by Gasteiger charge is -2.48. The van der Waals surface area contributed by atoms with Gasteiger partial charge in [-0.2, -0.15) is 0 Å². The maximum atomic E-state index is 12.7. The van der Waals surface area contributed by atoms with E-state index in [1.165, 1.54) is 22.2 Å². The topological polar surface area (TPSA) is 54.1 Å². The fourth-order valence-corrected chi connectivity index (χ4v) is 5.69. The van der Waals surface area contributed by atoms with Crippen molar-refractivity contribution >= 4 is 16.7 Å². The van der Waals surface area contributed by atoms with Crippen LogP contribution in [0.3, 0.4) is 0 Å². The molecule has 1 aliphatic carbocycles. The van der Waals surface area contributed by atoms with E-state index in [1.54, 1.807) is 7.11 Å². The smallest absolute Gasteiger partial charge is 0.135 e. The van der Waals surface area contributed by atoms with Crippen LogP contribution in [0.25, 0.3) is 10.9 Å². The summed E-state index contributed by atoms with van der Waals surface area (Å²) in [5, 5.41) is 5.10. The number of aromatic amines is 1. The summed E-state index contributed by atoms with van der Waals surface area (Å²) >= 11 is 0. The van der Waals surface area contributed by atoms with Gasteiger partial charge >= 0.3 is 0 Å². The zero-order valence-corrected chi connectivity index (χ0v) is 17.3. The van der Waals surface area contributed by atoms with Crippen LogP contribution in [0.1, 0.15) is 55.8 Å². The van der Waals surface area contributed by atoms with Crippen LogP contribution in [0.2, 0.25) is 0 Å². The van der Waals surface area contributed by atoms with Crippen molar-refractivity contribution in [2.24, 2.45) is 5.41 Å². The predicted molar refractivity (Wildman–Crippen MR) is 115 cm³/mol. The first kappa shape index (κ1) is 18.4. The minimum atomic E-state index is -0.309. The van der Waals surface area contributed by atoms with Crippen LogP contribution in [-0.2, 0) is 10.3 Å². The zero-order valence-electron chi connectivity index (χ0n) is 17.3. The molecule has 29 heavy (non-hydrogen) atoms. The molecule has 4 heteroatoms. The minimum absolute atomic E-state index is 0.0101. The quantitative estimate of drug-likeness (QED) is 0.657. The maximum absolute atomic E-state index is 12.7. The van der Waals surface area contributed by atoms with Crippen LogP contribution in [0.4, 0.5) is 0 Å². The number of H-pyrrole nitrogens is 1. The van der Waals surface area contributed by atoms with Crippen molar-refractivity contribution in [2.45, 2.75) is 44.6 Å². The van der Waals surface area contributed by atoms with Crippen molar-refractivity contribution in [2.75, 3.05) is 13.7 Å². The molecule has 0 radical (unpaired) electrons. The van der Waals surface area contributed by atoms with Crippen LogP contribution in [0.5, 0.6) is 5.75 Å². The molecule has 2 aliphatic rings. The molecule has 2 heterocycles. The summed E-state index contributed by atoms with van der Waals surface area (Å²) in [6.45, 7) is 5.25. The van der Waals surface area contributed by atoms with Gasteiger partial charge in [0.25, 0.3) is 0 Å². The SMILES string of the molecule is COc1ccc([C@@H]2CN[C@]3(CC(=O)CC(C)(C)C3)c3[nH]c4ccccc4c32)cc1. The van der Waals surface area contributed by atoms with Crippen LogP contribution in [0, 0.1) is 5.41 Å². The third-order valence-corrected chi connectivity index (χ3v) is 6.69. The first-order chi connectivity index (χ1) is 13.9. The van der Waals surface area contributed by atoms with Gasteiger partial charge in [0.15, 0.2) is 0 Å². The van der Waals surface area contributed by atoms with Crippen molar-refractivity contribution in [1.29, 1.82) is 0 Å². The predicted octanol–water partition coefficient (Wildman–Crippen LogP) is 4.89. The van der Waals surface area contributed by atoms with Gasteiger partial charge in [0.1, 0.15) is 11.5 Å². The Morgan fingerprint density at radius 1 is 1.03 bits per heavy atom. The van der Waals surface area contributed by atoms with Crippen LogP contribution in [0.15, 0.2) is 48.5 Å². The van der Waals surface area contributed by atoms with E-state index in [1.807, 2.05) is 12.1 Å². The van der Waals surface area contributed by atoms with E-state index in [2.05, 4.69) is 60.5 Å². The van der Waals surface area contributed by atoms with Gasteiger partial charge in [-0.3, -0.25) is 4.79 Å². The highest BCUT2D eigenvalue weighted by Crippen LogP contribution is 2.51. The first-order valence-electron chi connectivity index (χ1n) is 10.4. The fourth-order valence-electron chi connectivity index (χ4n) is 5.69. The molecule has 0 saturated heterocycles. The number of ketones is 1. The van der Waals surface area contributed by atoms with Crippen LogP contribution < -0.4 is 10.1 Å². The van der Waals surface area contributed by atoms with E-state index in [0.717, 1.165) is 24.2 Å². The van der Waals surface area contributed by atoms with Gasteiger partial charge in [-0.15, -0.1) is 0 Å². The minimum Gasteiger partial charge on any atom is -0.497 e. The van der Waals surface area contributed by atoms with Gasteiger partial charge in [0, 0.05) is 41.9 Å². The lowest BCUT2D eigenvalue weighted by molar-refractivity contribution is -0.126. The number of benzene rings is 2. The average Bonchev–Trinajstić information content (AvgIpc) is 3.08. The lowest BCUT2D eigenvalue weighted by Crippen LogP contribution is -2.55. The number of carbonyl (C=O) groups is 1. The number of ether oxygens (including phenoxy) is 1. The molecule has 1 aliphatic heterocycles. The van der Waals surface area contributed by atoms with Crippen molar-refractivity contribution in [3.63, 3.8) is 0 Å². The second-order valence-electron chi connectivity index (χ2n) is 9.48. The van der Waals surface area contributed by atoms with E-state index in [0.29, 0.717) is 18.6 Å². The number of hydrogen-bond donors (Lipinski definition) is 2. The molecule has 2 N–H and O–H groups in total. The second kappa shape index (κ2) is 6.46. The van der Waals surface area contributed by atoms with E-state index in [-0.39, 0.29) is 16.9 Å². The summed E-state index contributed by atoms with van der Waals surface area (Å²) in [7, 11) is 1.69. The Morgan fingerprint density at radius 3 is 2.52 bits per heavy atom. The number of nitrogens with one attached hydrogen (secondary N) is 2. The molecule has 5 rings (SSSR count). The van der Waals surface area contributed by atoms with Gasteiger partial charge in [-0.05, 0) is 41.2 Å². The van der Waals surface area contributed by atoms with Gasteiger partial charge < -0.3 is 15.0 Å². The number of fused-ring (bicyclic) bond motifs is 4. The highest BCUT2D eigenvalue weighted by atomic mass is 16.5. The van der Waals surface area contributed by atoms with Crippen molar-refractivity contribution in [3.05, 3.63) is 65.4 Å². The standard InChI is InChI=1S/C25H28N2O2/c1-24(2)12-17(28)13-25(15-24)23-22(19-6-4-5-7-21(19)27-23)20(14-26-25)16-8-10-18(29-3)11-9-16/h4-11,20,26-27H,12-15H2,1-3H3/t20-,25-/m0/s1. The van der Waals surface area contributed by atoms with Gasteiger partial charge in [0.2, 0.25) is 0 Å². The van der Waals surface area contributed by atoms with Crippen LogP contribution >= 0.6 is 0 Å². The molecule has 2 atom stereocenters. The number of carbonyl (C=O) groups excluding carboxylic acids is 1. The van der Waals surface area contributed by atoms with Crippen LogP contribution in [-0.4, -0.2) is 24.4 Å².